The predicted molar refractivity (Wildman–Crippen MR) is 94.5 cm³/mol. The van der Waals surface area contributed by atoms with Crippen molar-refractivity contribution in [2.45, 2.75) is 26.0 Å². The van der Waals surface area contributed by atoms with Crippen molar-refractivity contribution in [3.05, 3.63) is 53.5 Å². The van der Waals surface area contributed by atoms with Gasteiger partial charge in [0.25, 0.3) is 0 Å². The summed E-state index contributed by atoms with van der Waals surface area (Å²) < 4.78 is 16.6. The smallest absolute Gasteiger partial charge is 0.322 e. The normalized spacial score (nSPS) is 17.5. The summed E-state index contributed by atoms with van der Waals surface area (Å²) in [6.45, 7) is 3.96. The second kappa shape index (κ2) is 8.18. The van der Waals surface area contributed by atoms with Crippen LogP contribution >= 0.6 is 0 Å². The zero-order valence-corrected chi connectivity index (χ0v) is 14.7. The van der Waals surface area contributed by atoms with E-state index in [-0.39, 0.29) is 12.1 Å². The Morgan fingerprint density at radius 2 is 2.16 bits per heavy atom. The van der Waals surface area contributed by atoms with Crippen molar-refractivity contribution in [1.82, 2.24) is 4.90 Å². The number of nitrogens with zero attached hydrogens (tertiary/aromatic N) is 1. The lowest BCUT2D eigenvalue weighted by atomic mass is 10.1. The van der Waals surface area contributed by atoms with Crippen molar-refractivity contribution in [3.8, 4) is 0 Å². The Morgan fingerprint density at radius 1 is 1.32 bits per heavy atom. The molecular formula is C19H24N2O4. The minimum absolute atomic E-state index is 0.161. The Balaban J connectivity index is 1.77. The molecule has 2 amide bonds. The standard InChI is InChI=1S/C19H24N2O4/c1-3-15-8-9-18(25-15)17-13-24-11-10-21(17)19(22)20-16-7-5-4-6-14(16)12-23-2/h4-9,17H,3,10-13H2,1-2H3,(H,20,22). The van der Waals surface area contributed by atoms with Crippen LogP contribution in [0.5, 0.6) is 0 Å². The molecule has 6 nitrogen and oxygen atoms in total. The number of nitrogens with one attached hydrogen (secondary N) is 1. The lowest BCUT2D eigenvalue weighted by Crippen LogP contribution is -2.45. The van der Waals surface area contributed by atoms with E-state index in [1.807, 2.05) is 43.3 Å². The quantitative estimate of drug-likeness (QED) is 0.900. The molecule has 0 bridgehead atoms. The summed E-state index contributed by atoms with van der Waals surface area (Å²) in [4.78, 5) is 14.6. The van der Waals surface area contributed by atoms with E-state index in [2.05, 4.69) is 5.32 Å². The Labute approximate surface area is 147 Å². The third kappa shape index (κ3) is 4.03. The number of hydrogen-bond acceptors (Lipinski definition) is 4. The SMILES string of the molecule is CCc1ccc(C2COCCN2C(=O)Nc2ccccc2COC)o1. The zero-order valence-electron chi connectivity index (χ0n) is 14.7. The van der Waals surface area contributed by atoms with Gasteiger partial charge in [-0.25, -0.2) is 4.79 Å². The van der Waals surface area contributed by atoms with Gasteiger partial charge in [-0.15, -0.1) is 0 Å². The summed E-state index contributed by atoms with van der Waals surface area (Å²) in [6.07, 6.45) is 0.824. The van der Waals surface area contributed by atoms with Crippen molar-refractivity contribution in [3.63, 3.8) is 0 Å². The number of morpholine rings is 1. The third-order valence-corrected chi connectivity index (χ3v) is 4.31. The van der Waals surface area contributed by atoms with E-state index in [0.717, 1.165) is 29.2 Å². The third-order valence-electron chi connectivity index (χ3n) is 4.31. The van der Waals surface area contributed by atoms with Crippen LogP contribution in [0.2, 0.25) is 0 Å². The highest BCUT2D eigenvalue weighted by Crippen LogP contribution is 2.27. The van der Waals surface area contributed by atoms with E-state index in [0.29, 0.717) is 26.4 Å². The van der Waals surface area contributed by atoms with E-state index in [9.17, 15) is 4.79 Å². The summed E-state index contributed by atoms with van der Waals surface area (Å²) in [5, 5.41) is 3.00. The Hall–Kier alpha value is -2.31. The van der Waals surface area contributed by atoms with E-state index in [4.69, 9.17) is 13.9 Å². The van der Waals surface area contributed by atoms with E-state index < -0.39 is 0 Å². The van der Waals surface area contributed by atoms with Gasteiger partial charge in [0, 0.05) is 31.3 Å². The average Bonchev–Trinajstić information content (AvgIpc) is 3.12. The number of benzene rings is 1. The van der Waals surface area contributed by atoms with Gasteiger partial charge in [-0.2, -0.15) is 0 Å². The molecule has 0 spiro atoms. The van der Waals surface area contributed by atoms with Gasteiger partial charge in [0.05, 0.1) is 19.8 Å². The Morgan fingerprint density at radius 3 is 2.92 bits per heavy atom. The Kier molecular flexibility index (Phi) is 5.73. The van der Waals surface area contributed by atoms with Crippen molar-refractivity contribution < 1.29 is 18.7 Å². The first-order valence-corrected chi connectivity index (χ1v) is 8.53. The highest BCUT2D eigenvalue weighted by molar-refractivity contribution is 5.90. The fourth-order valence-corrected chi connectivity index (χ4v) is 2.96. The van der Waals surface area contributed by atoms with Crippen LogP contribution in [0, 0.1) is 0 Å². The molecule has 1 saturated heterocycles. The maximum Gasteiger partial charge on any atom is 0.322 e. The van der Waals surface area contributed by atoms with Gasteiger partial charge in [-0.1, -0.05) is 25.1 Å². The number of para-hydroxylation sites is 1. The van der Waals surface area contributed by atoms with Crippen LogP contribution in [0.1, 0.15) is 30.0 Å². The maximum absolute atomic E-state index is 12.9. The molecule has 0 saturated carbocycles. The zero-order chi connectivity index (χ0) is 17.6. The molecule has 1 atom stereocenters. The number of furan rings is 1. The number of urea groups is 1. The highest BCUT2D eigenvalue weighted by atomic mass is 16.5. The molecule has 1 aliphatic rings. The summed E-state index contributed by atoms with van der Waals surface area (Å²) in [6, 6.07) is 11.1. The van der Waals surface area contributed by atoms with E-state index in [1.54, 1.807) is 12.0 Å². The van der Waals surface area contributed by atoms with Crippen molar-refractivity contribution in [1.29, 1.82) is 0 Å². The number of rotatable bonds is 5. The molecule has 1 fully saturated rings. The number of amides is 2. The first-order valence-electron chi connectivity index (χ1n) is 8.53. The topological polar surface area (TPSA) is 63.9 Å². The van der Waals surface area contributed by atoms with E-state index in [1.165, 1.54) is 0 Å². The molecule has 2 aromatic rings. The van der Waals surface area contributed by atoms with Crippen LogP contribution < -0.4 is 5.32 Å². The fraction of sp³-hybridized carbons (Fsp3) is 0.421. The number of carbonyl (C=O) groups is 1. The van der Waals surface area contributed by atoms with Crippen molar-refractivity contribution >= 4 is 11.7 Å². The highest BCUT2D eigenvalue weighted by Gasteiger charge is 2.31. The van der Waals surface area contributed by atoms with Gasteiger partial charge in [0.1, 0.15) is 17.6 Å². The molecule has 1 unspecified atom stereocenters. The van der Waals surface area contributed by atoms with E-state index >= 15 is 0 Å². The number of methoxy groups -OCH3 is 1. The van der Waals surface area contributed by atoms with Crippen LogP contribution in [0.15, 0.2) is 40.8 Å². The fourth-order valence-electron chi connectivity index (χ4n) is 2.96. The van der Waals surface area contributed by atoms with Crippen molar-refractivity contribution in [2.75, 3.05) is 32.2 Å². The van der Waals surface area contributed by atoms with Gasteiger partial charge >= 0.3 is 6.03 Å². The molecule has 1 aromatic heterocycles. The van der Waals surface area contributed by atoms with Crippen LogP contribution in [0.25, 0.3) is 0 Å². The molecular weight excluding hydrogens is 320 g/mol. The molecule has 134 valence electrons. The molecule has 1 N–H and O–H groups in total. The minimum Gasteiger partial charge on any atom is -0.464 e. The van der Waals surface area contributed by atoms with Gasteiger partial charge in [-0.3, -0.25) is 0 Å². The summed E-state index contributed by atoms with van der Waals surface area (Å²) >= 11 is 0. The van der Waals surface area contributed by atoms with Crippen molar-refractivity contribution in [2.24, 2.45) is 0 Å². The number of ether oxygens (including phenoxy) is 2. The summed E-state index contributed by atoms with van der Waals surface area (Å²) in [5.41, 5.74) is 1.70. The number of carbonyl (C=O) groups excluding carboxylic acids is 1. The van der Waals surface area contributed by atoms with Gasteiger partial charge < -0.3 is 24.1 Å². The van der Waals surface area contributed by atoms with Crippen LogP contribution in [-0.2, 0) is 22.5 Å². The number of anilines is 1. The summed E-state index contributed by atoms with van der Waals surface area (Å²) in [7, 11) is 1.64. The average molecular weight is 344 g/mol. The predicted octanol–water partition coefficient (Wildman–Crippen LogP) is 3.59. The molecule has 1 aromatic carbocycles. The Bertz CT molecular complexity index is 713. The van der Waals surface area contributed by atoms with Gasteiger partial charge in [-0.05, 0) is 18.2 Å². The van der Waals surface area contributed by atoms with Crippen LogP contribution in [0.3, 0.4) is 0 Å². The van der Waals surface area contributed by atoms with Gasteiger partial charge in [0.15, 0.2) is 0 Å². The molecule has 0 aliphatic carbocycles. The molecule has 3 rings (SSSR count). The second-order valence-electron chi connectivity index (χ2n) is 5.96. The largest absolute Gasteiger partial charge is 0.464 e. The van der Waals surface area contributed by atoms with Crippen LogP contribution in [0.4, 0.5) is 10.5 Å². The first kappa shape index (κ1) is 17.5. The monoisotopic (exact) mass is 344 g/mol. The second-order valence-corrected chi connectivity index (χ2v) is 5.96. The lowest BCUT2D eigenvalue weighted by Gasteiger charge is -2.34. The number of aryl methyl sites for hydroxylation is 1. The summed E-state index contributed by atoms with van der Waals surface area (Å²) in [5.74, 6) is 1.67. The lowest BCUT2D eigenvalue weighted by molar-refractivity contribution is 0.00701. The van der Waals surface area contributed by atoms with Crippen LogP contribution in [-0.4, -0.2) is 37.8 Å². The number of hydrogen-bond donors (Lipinski definition) is 1. The minimum atomic E-state index is -0.219. The molecule has 2 heterocycles. The molecule has 25 heavy (non-hydrogen) atoms. The molecule has 0 radical (unpaired) electrons. The maximum atomic E-state index is 12.9. The molecule has 1 aliphatic heterocycles. The molecule has 6 heteroatoms. The first-order chi connectivity index (χ1) is 12.2. The van der Waals surface area contributed by atoms with Gasteiger partial charge in [0.2, 0.25) is 0 Å².